The number of benzene rings is 4. The van der Waals surface area contributed by atoms with Gasteiger partial charge < -0.3 is 5.11 Å². The third-order valence-electron chi connectivity index (χ3n) is 4.51. The first-order valence-electron chi connectivity index (χ1n) is 8.67. The first kappa shape index (κ1) is 16.1. The van der Waals surface area contributed by atoms with Crippen LogP contribution in [-0.2, 0) is 0 Å². The summed E-state index contributed by atoms with van der Waals surface area (Å²) in [5, 5.41) is 12.8. The molecular weight excluding hydrogens is 318 g/mol. The maximum absolute atomic E-state index is 10.7. The van der Waals surface area contributed by atoms with E-state index in [9.17, 15) is 5.11 Å². The lowest BCUT2D eigenvalue weighted by molar-refractivity contribution is 0.467. The summed E-state index contributed by atoms with van der Waals surface area (Å²) in [4.78, 5) is 4.86. The molecule has 4 aromatic carbocycles. The fourth-order valence-electron chi connectivity index (χ4n) is 3.23. The Morgan fingerprint density at radius 1 is 0.692 bits per heavy atom. The lowest BCUT2D eigenvalue weighted by Crippen LogP contribution is -2.01. The van der Waals surface area contributed by atoms with E-state index in [1.165, 1.54) is 0 Å². The fourth-order valence-corrected chi connectivity index (χ4v) is 3.23. The van der Waals surface area contributed by atoms with Crippen LogP contribution in [0.25, 0.3) is 10.8 Å². The molecule has 1 N–H and O–H groups in total. The molecule has 0 aliphatic rings. The van der Waals surface area contributed by atoms with Gasteiger partial charge in [0.25, 0.3) is 0 Å². The van der Waals surface area contributed by atoms with E-state index >= 15 is 0 Å². The summed E-state index contributed by atoms with van der Waals surface area (Å²) >= 11 is 0. The highest BCUT2D eigenvalue weighted by atomic mass is 16.3. The SMILES string of the molecule is Oc1ccc2ccccc2c1[C@@H](N=Cc1ccccc1)c1ccccc1. The summed E-state index contributed by atoms with van der Waals surface area (Å²) in [5.41, 5.74) is 2.92. The Morgan fingerprint density at radius 3 is 2.12 bits per heavy atom. The second-order valence-electron chi connectivity index (χ2n) is 6.22. The molecule has 0 saturated carbocycles. The van der Waals surface area contributed by atoms with Gasteiger partial charge in [0.2, 0.25) is 0 Å². The number of rotatable bonds is 4. The highest BCUT2D eigenvalue weighted by Crippen LogP contribution is 2.37. The van der Waals surface area contributed by atoms with E-state index in [4.69, 9.17) is 4.99 Å². The molecule has 0 radical (unpaired) electrons. The molecule has 0 spiro atoms. The number of fused-ring (bicyclic) bond motifs is 1. The van der Waals surface area contributed by atoms with Gasteiger partial charge in [0.05, 0.1) is 0 Å². The molecule has 26 heavy (non-hydrogen) atoms. The minimum atomic E-state index is -0.275. The van der Waals surface area contributed by atoms with Crippen molar-refractivity contribution in [3.8, 4) is 5.75 Å². The second kappa shape index (κ2) is 7.24. The van der Waals surface area contributed by atoms with Gasteiger partial charge in [-0.1, -0.05) is 91.0 Å². The Morgan fingerprint density at radius 2 is 1.35 bits per heavy atom. The van der Waals surface area contributed by atoms with Crippen molar-refractivity contribution in [3.63, 3.8) is 0 Å². The molecule has 0 aliphatic heterocycles. The zero-order valence-corrected chi connectivity index (χ0v) is 14.3. The average molecular weight is 337 g/mol. The van der Waals surface area contributed by atoms with Crippen LogP contribution in [0, 0.1) is 0 Å². The van der Waals surface area contributed by atoms with Crippen LogP contribution in [-0.4, -0.2) is 11.3 Å². The number of hydrogen-bond acceptors (Lipinski definition) is 2. The fraction of sp³-hybridized carbons (Fsp3) is 0.0417. The molecule has 4 aromatic rings. The van der Waals surface area contributed by atoms with E-state index in [0.29, 0.717) is 0 Å². The van der Waals surface area contributed by atoms with Crippen molar-refractivity contribution in [2.24, 2.45) is 4.99 Å². The monoisotopic (exact) mass is 337 g/mol. The van der Waals surface area contributed by atoms with Crippen LogP contribution in [0.5, 0.6) is 5.75 Å². The van der Waals surface area contributed by atoms with Crippen molar-refractivity contribution in [2.45, 2.75) is 6.04 Å². The molecule has 2 heteroatoms. The van der Waals surface area contributed by atoms with Crippen molar-refractivity contribution in [1.29, 1.82) is 0 Å². The van der Waals surface area contributed by atoms with Gasteiger partial charge in [0, 0.05) is 11.8 Å². The average Bonchev–Trinajstić information content (AvgIpc) is 2.71. The molecule has 1 atom stereocenters. The lowest BCUT2D eigenvalue weighted by atomic mass is 9.93. The lowest BCUT2D eigenvalue weighted by Gasteiger charge is -2.17. The summed E-state index contributed by atoms with van der Waals surface area (Å²) < 4.78 is 0. The van der Waals surface area contributed by atoms with Gasteiger partial charge in [-0.2, -0.15) is 0 Å². The molecule has 4 rings (SSSR count). The van der Waals surface area contributed by atoms with Gasteiger partial charge in [-0.05, 0) is 28.0 Å². The van der Waals surface area contributed by atoms with Crippen molar-refractivity contribution >= 4 is 17.0 Å². The van der Waals surface area contributed by atoms with Crippen LogP contribution >= 0.6 is 0 Å². The topological polar surface area (TPSA) is 32.6 Å². The van der Waals surface area contributed by atoms with Crippen LogP contribution in [0.3, 0.4) is 0 Å². The van der Waals surface area contributed by atoms with E-state index in [1.807, 2.05) is 91.1 Å². The molecule has 0 bridgehead atoms. The summed E-state index contributed by atoms with van der Waals surface area (Å²) in [6.07, 6.45) is 1.87. The van der Waals surface area contributed by atoms with Crippen LogP contribution < -0.4 is 0 Å². The van der Waals surface area contributed by atoms with Gasteiger partial charge in [0.1, 0.15) is 11.8 Å². The minimum absolute atomic E-state index is 0.266. The Labute approximate surface area is 153 Å². The molecule has 0 aromatic heterocycles. The zero-order valence-electron chi connectivity index (χ0n) is 14.3. The van der Waals surface area contributed by atoms with E-state index in [2.05, 4.69) is 6.07 Å². The van der Waals surface area contributed by atoms with Crippen LogP contribution in [0.15, 0.2) is 102 Å². The predicted octanol–water partition coefficient (Wildman–Crippen LogP) is 5.75. The standard InChI is InChI=1S/C24H19NO/c26-22-16-15-19-11-7-8-14-21(19)23(22)24(20-12-5-2-6-13-20)25-17-18-9-3-1-4-10-18/h1-17,24,26H/t24-/m0/s1. The maximum Gasteiger partial charge on any atom is 0.121 e. The number of nitrogens with zero attached hydrogens (tertiary/aromatic N) is 1. The zero-order chi connectivity index (χ0) is 17.8. The van der Waals surface area contributed by atoms with E-state index in [-0.39, 0.29) is 11.8 Å². The largest absolute Gasteiger partial charge is 0.508 e. The van der Waals surface area contributed by atoms with Crippen LogP contribution in [0.2, 0.25) is 0 Å². The third-order valence-corrected chi connectivity index (χ3v) is 4.51. The summed E-state index contributed by atoms with van der Waals surface area (Å²) in [7, 11) is 0. The molecule has 0 saturated heterocycles. The van der Waals surface area contributed by atoms with E-state index in [0.717, 1.165) is 27.5 Å². The number of aromatic hydroxyl groups is 1. The van der Waals surface area contributed by atoms with Crippen molar-refractivity contribution in [3.05, 3.63) is 114 Å². The molecule has 0 aliphatic carbocycles. The first-order chi connectivity index (χ1) is 12.8. The quantitative estimate of drug-likeness (QED) is 0.472. The minimum Gasteiger partial charge on any atom is -0.508 e. The summed E-state index contributed by atoms with van der Waals surface area (Å²) in [5.74, 6) is 0.266. The molecule has 0 amide bonds. The number of hydrogen-bond donors (Lipinski definition) is 1. The Balaban J connectivity index is 1.89. The number of aliphatic imine (C=N–C) groups is 1. The second-order valence-corrected chi connectivity index (χ2v) is 6.22. The molecule has 126 valence electrons. The normalized spacial score (nSPS) is 12.5. The van der Waals surface area contributed by atoms with Gasteiger partial charge in [-0.15, -0.1) is 0 Å². The van der Waals surface area contributed by atoms with Crippen LogP contribution in [0.4, 0.5) is 0 Å². The Kier molecular flexibility index (Phi) is 4.48. The number of phenolic OH excluding ortho intramolecular Hbond substituents is 1. The molecular formula is C24H19NO. The first-order valence-corrected chi connectivity index (χ1v) is 8.67. The maximum atomic E-state index is 10.7. The highest BCUT2D eigenvalue weighted by Gasteiger charge is 2.19. The highest BCUT2D eigenvalue weighted by molar-refractivity contribution is 5.89. The molecule has 0 heterocycles. The van der Waals surface area contributed by atoms with Crippen molar-refractivity contribution in [1.82, 2.24) is 0 Å². The van der Waals surface area contributed by atoms with Crippen LogP contribution in [0.1, 0.15) is 22.7 Å². The van der Waals surface area contributed by atoms with E-state index < -0.39 is 0 Å². The third kappa shape index (κ3) is 3.22. The smallest absolute Gasteiger partial charge is 0.121 e. The Hall–Kier alpha value is -3.39. The van der Waals surface area contributed by atoms with Crippen molar-refractivity contribution in [2.75, 3.05) is 0 Å². The van der Waals surface area contributed by atoms with E-state index in [1.54, 1.807) is 6.07 Å². The molecule has 2 nitrogen and oxygen atoms in total. The Bertz CT molecular complexity index is 1040. The number of phenols is 1. The predicted molar refractivity (Wildman–Crippen MR) is 108 cm³/mol. The van der Waals surface area contributed by atoms with Gasteiger partial charge in [-0.25, -0.2) is 0 Å². The summed E-state index contributed by atoms with van der Waals surface area (Å²) in [6.45, 7) is 0. The molecule has 0 unspecified atom stereocenters. The van der Waals surface area contributed by atoms with Crippen molar-refractivity contribution < 1.29 is 5.11 Å². The van der Waals surface area contributed by atoms with Gasteiger partial charge >= 0.3 is 0 Å². The summed E-state index contributed by atoms with van der Waals surface area (Å²) in [6, 6.07) is 31.6. The molecule has 0 fully saturated rings. The van der Waals surface area contributed by atoms with Gasteiger partial charge in [-0.3, -0.25) is 4.99 Å². The van der Waals surface area contributed by atoms with Gasteiger partial charge in [0.15, 0.2) is 0 Å².